The van der Waals surface area contributed by atoms with E-state index in [4.69, 9.17) is 28.5 Å². The number of carboxylic acid groups (broad SMARTS) is 1. The predicted octanol–water partition coefficient (Wildman–Crippen LogP) is 2.89. The van der Waals surface area contributed by atoms with Crippen LogP contribution in [0.15, 0.2) is 35.3 Å². The van der Waals surface area contributed by atoms with Crippen LogP contribution >= 0.6 is 23.2 Å². The molecule has 1 unspecified atom stereocenters. The van der Waals surface area contributed by atoms with Crippen molar-refractivity contribution in [2.24, 2.45) is 4.99 Å². The Morgan fingerprint density at radius 2 is 1.93 bits per heavy atom. The van der Waals surface area contributed by atoms with Crippen LogP contribution in [-0.2, 0) is 17.8 Å². The molecule has 5 N–H and O–H groups in total. The lowest BCUT2D eigenvalue weighted by atomic mass is 9.96. The van der Waals surface area contributed by atoms with E-state index in [0.717, 1.165) is 24.0 Å². The summed E-state index contributed by atoms with van der Waals surface area (Å²) in [5.41, 5.74) is 2.28. The number of guanidine groups is 1. The number of phenols is 1. The lowest BCUT2D eigenvalue weighted by molar-refractivity contribution is -0.139. The molecule has 41 heavy (non-hydrogen) atoms. The summed E-state index contributed by atoms with van der Waals surface area (Å²) in [6.45, 7) is 2.96. The normalized spacial score (nSPS) is 16.9. The van der Waals surface area contributed by atoms with Gasteiger partial charge in [-0.3, -0.25) is 9.69 Å². The van der Waals surface area contributed by atoms with Crippen LogP contribution in [0.1, 0.15) is 52.4 Å². The summed E-state index contributed by atoms with van der Waals surface area (Å²) < 4.78 is 0. The number of carbonyl (C=O) groups excluding carboxylic acids is 1. The molecule has 0 aliphatic carbocycles. The Morgan fingerprint density at radius 1 is 1.17 bits per heavy atom. The van der Waals surface area contributed by atoms with Crippen molar-refractivity contribution in [3.8, 4) is 11.9 Å². The van der Waals surface area contributed by atoms with Gasteiger partial charge in [-0.05, 0) is 60.6 Å². The lowest BCUT2D eigenvalue weighted by Crippen LogP contribution is -2.51. The van der Waals surface area contributed by atoms with Gasteiger partial charge in [0.2, 0.25) is 12.2 Å². The number of hydrogen-bond donors (Lipinski definition) is 5. The van der Waals surface area contributed by atoms with Gasteiger partial charge in [-0.1, -0.05) is 35.3 Å². The first-order chi connectivity index (χ1) is 19.7. The fourth-order valence-electron chi connectivity index (χ4n) is 5.13. The number of aromatic hydroxyl groups is 1. The first kappa shape index (κ1) is 30.4. The second-order valence-corrected chi connectivity index (χ2v) is 10.9. The number of likely N-dealkylation sites (tertiary alicyclic amines) is 1. The molecule has 1 fully saturated rings. The number of rotatable bonds is 9. The monoisotopic (exact) mass is 602 g/mol. The van der Waals surface area contributed by atoms with Gasteiger partial charge < -0.3 is 30.9 Å². The molecule has 2 aliphatic rings. The van der Waals surface area contributed by atoms with Gasteiger partial charge in [0, 0.05) is 39.3 Å². The minimum absolute atomic E-state index is 0.0107. The van der Waals surface area contributed by atoms with Gasteiger partial charge in [0.05, 0.1) is 21.7 Å². The smallest absolute Gasteiger partial charge is 0.328 e. The number of phenolic OH excluding ortho intramolecular Hbond substituents is 1. The van der Waals surface area contributed by atoms with E-state index >= 15 is 0 Å². The average molecular weight is 604 g/mol. The summed E-state index contributed by atoms with van der Waals surface area (Å²) in [4.78, 5) is 32.9. The Labute approximate surface area is 248 Å². The zero-order valence-electron chi connectivity index (χ0n) is 22.3. The number of nitriles is 1. The summed E-state index contributed by atoms with van der Waals surface area (Å²) >= 11 is 13.2. The molecule has 0 radical (unpaired) electrons. The van der Waals surface area contributed by atoms with Crippen LogP contribution in [0.5, 0.6) is 5.75 Å². The third-order valence-electron chi connectivity index (χ3n) is 7.31. The van der Waals surface area contributed by atoms with Crippen molar-refractivity contribution in [1.82, 2.24) is 20.4 Å². The van der Waals surface area contributed by atoms with E-state index in [1.54, 1.807) is 36.5 Å². The lowest BCUT2D eigenvalue weighted by Gasteiger charge is -2.31. The highest BCUT2D eigenvalue weighted by atomic mass is 35.5. The minimum atomic E-state index is -1.33. The Hall–Kier alpha value is -3.56. The van der Waals surface area contributed by atoms with Crippen molar-refractivity contribution in [3.05, 3.63) is 62.6 Å². The highest BCUT2D eigenvalue weighted by Gasteiger charge is 2.29. The van der Waals surface area contributed by atoms with Crippen LogP contribution in [0.3, 0.4) is 0 Å². The standard InChI is InChI=1S/C28H32Cl2N6O5/c29-21-13-18-15-35(11-7-23(38)17-4-3-5-19(37)12-17)10-6-20(18)25(30)24(21)26(39)34-22(27(40)41)14-32-28(33-16-31)36-8-1-2-9-36/h3-5,12-13,22-23,37-38H,1-2,6-11,14-15H2,(H,32,33)(H,34,39)(H,40,41)/t22-,23?/m0/s1. The van der Waals surface area contributed by atoms with Crippen LogP contribution in [0.4, 0.5) is 0 Å². The molecular formula is C28H32Cl2N6O5. The number of aliphatic hydroxyl groups is 1. The number of nitrogens with one attached hydrogen (secondary N) is 2. The largest absolute Gasteiger partial charge is 0.508 e. The number of aliphatic hydroxyl groups excluding tert-OH is 1. The molecule has 13 heteroatoms. The Morgan fingerprint density at radius 3 is 2.61 bits per heavy atom. The third kappa shape index (κ3) is 7.59. The van der Waals surface area contributed by atoms with Gasteiger partial charge >= 0.3 is 5.97 Å². The molecule has 11 nitrogen and oxygen atoms in total. The van der Waals surface area contributed by atoms with Crippen molar-refractivity contribution in [2.75, 3.05) is 32.7 Å². The molecule has 1 saturated heterocycles. The molecule has 2 aromatic rings. The number of nitrogens with zero attached hydrogens (tertiary/aromatic N) is 4. The first-order valence-corrected chi connectivity index (χ1v) is 14.1. The Balaban J connectivity index is 1.40. The van der Waals surface area contributed by atoms with Crippen molar-refractivity contribution in [3.63, 3.8) is 0 Å². The van der Waals surface area contributed by atoms with Gasteiger partial charge in [0.1, 0.15) is 11.8 Å². The van der Waals surface area contributed by atoms with Gasteiger partial charge in [0.15, 0.2) is 0 Å². The van der Waals surface area contributed by atoms with Crippen molar-refractivity contribution >= 4 is 41.0 Å². The predicted molar refractivity (Wildman–Crippen MR) is 154 cm³/mol. The zero-order valence-corrected chi connectivity index (χ0v) is 23.8. The number of aliphatic imine (C=N–C) groups is 1. The second kappa shape index (κ2) is 13.9. The third-order valence-corrected chi connectivity index (χ3v) is 8.03. The maximum absolute atomic E-state index is 13.2. The SMILES string of the molecule is N#C/N=C(/NC[C@H](NC(=O)c1c(Cl)cc2c(c1Cl)CCN(CCC(O)c1cccc(O)c1)C2)C(=O)O)N1CCCC1. The van der Waals surface area contributed by atoms with Crippen molar-refractivity contribution in [2.45, 2.75) is 44.4 Å². The molecule has 0 spiro atoms. The Bertz CT molecular complexity index is 1360. The highest BCUT2D eigenvalue weighted by Crippen LogP contribution is 2.35. The maximum Gasteiger partial charge on any atom is 0.328 e. The number of carboxylic acids is 1. The van der Waals surface area contributed by atoms with Crippen LogP contribution in [0.2, 0.25) is 10.0 Å². The number of fused-ring (bicyclic) bond motifs is 1. The van der Waals surface area contributed by atoms with Gasteiger partial charge in [0.25, 0.3) is 5.91 Å². The molecule has 4 rings (SSSR count). The fraction of sp³-hybridized carbons (Fsp3) is 0.429. The van der Waals surface area contributed by atoms with Gasteiger partial charge in [-0.25, -0.2) is 4.79 Å². The Kier molecular flexibility index (Phi) is 10.3. The molecule has 2 aliphatic heterocycles. The number of halogens is 2. The van der Waals surface area contributed by atoms with E-state index in [9.17, 15) is 24.9 Å². The summed E-state index contributed by atoms with van der Waals surface area (Å²) in [5, 5.41) is 44.6. The number of hydrogen-bond acceptors (Lipinski definition) is 7. The van der Waals surface area contributed by atoms with Crippen LogP contribution < -0.4 is 10.6 Å². The van der Waals surface area contributed by atoms with E-state index in [-0.39, 0.29) is 33.9 Å². The van der Waals surface area contributed by atoms with Crippen LogP contribution in [0.25, 0.3) is 0 Å². The van der Waals surface area contributed by atoms with Gasteiger partial charge in [-0.2, -0.15) is 5.26 Å². The van der Waals surface area contributed by atoms with E-state index in [2.05, 4.69) is 20.5 Å². The first-order valence-electron chi connectivity index (χ1n) is 13.4. The molecule has 2 atom stereocenters. The number of amides is 1. The fourth-order valence-corrected chi connectivity index (χ4v) is 5.90. The summed E-state index contributed by atoms with van der Waals surface area (Å²) in [5.74, 6) is -1.61. The van der Waals surface area contributed by atoms with E-state index in [1.165, 1.54) is 0 Å². The number of benzene rings is 2. The molecule has 0 saturated carbocycles. The van der Waals surface area contributed by atoms with E-state index in [1.807, 2.05) is 4.90 Å². The molecule has 2 aromatic carbocycles. The zero-order chi connectivity index (χ0) is 29.5. The van der Waals surface area contributed by atoms with Crippen molar-refractivity contribution < 1.29 is 24.9 Å². The summed E-state index contributed by atoms with van der Waals surface area (Å²) in [7, 11) is 0. The quantitative estimate of drug-likeness (QED) is 0.165. The van der Waals surface area contributed by atoms with Gasteiger partial charge in [-0.15, -0.1) is 4.99 Å². The molecule has 218 valence electrons. The average Bonchev–Trinajstić information content (AvgIpc) is 3.48. The molecular weight excluding hydrogens is 571 g/mol. The van der Waals surface area contributed by atoms with E-state index in [0.29, 0.717) is 51.1 Å². The van der Waals surface area contributed by atoms with Crippen molar-refractivity contribution in [1.29, 1.82) is 5.26 Å². The minimum Gasteiger partial charge on any atom is -0.508 e. The second-order valence-electron chi connectivity index (χ2n) is 10.1. The topological polar surface area (TPSA) is 162 Å². The maximum atomic E-state index is 13.2. The molecule has 0 aromatic heterocycles. The van der Waals surface area contributed by atoms with Crippen LogP contribution in [-0.4, -0.2) is 81.7 Å². The molecule has 0 bridgehead atoms. The van der Waals surface area contributed by atoms with Crippen LogP contribution in [0, 0.1) is 11.5 Å². The van der Waals surface area contributed by atoms with E-state index < -0.39 is 24.0 Å². The summed E-state index contributed by atoms with van der Waals surface area (Å²) in [6.07, 6.45) is 3.89. The summed E-state index contributed by atoms with van der Waals surface area (Å²) in [6, 6.07) is 6.89. The number of carbonyl (C=O) groups is 2. The number of aliphatic carboxylic acids is 1. The molecule has 1 amide bonds. The molecule has 2 heterocycles. The highest BCUT2D eigenvalue weighted by molar-refractivity contribution is 6.40.